The molecule has 0 amide bonds. The molecule has 2 aliphatic carbocycles. The maximum atomic E-state index is 2.48. The van der Waals surface area contributed by atoms with Gasteiger partial charge in [0.1, 0.15) is 0 Å². The summed E-state index contributed by atoms with van der Waals surface area (Å²) in [6, 6.07) is 0. The van der Waals surface area contributed by atoms with Crippen molar-refractivity contribution in [2.24, 2.45) is 11.3 Å². The SMILES string of the molecule is CC1CCCC12CCCCC2. The first-order chi connectivity index (χ1) is 5.33. The highest BCUT2D eigenvalue weighted by molar-refractivity contribution is 4.91. The summed E-state index contributed by atoms with van der Waals surface area (Å²) in [5.74, 6) is 1.04. The zero-order chi connectivity index (χ0) is 7.73. The van der Waals surface area contributed by atoms with Crippen LogP contribution < -0.4 is 0 Å². The Morgan fingerprint density at radius 3 is 2.09 bits per heavy atom. The summed E-state index contributed by atoms with van der Waals surface area (Å²) < 4.78 is 0. The fourth-order valence-electron chi connectivity index (χ4n) is 3.31. The first-order valence-corrected chi connectivity index (χ1v) is 5.33. The van der Waals surface area contributed by atoms with E-state index < -0.39 is 0 Å². The highest BCUT2D eigenvalue weighted by Crippen LogP contribution is 2.52. The Balaban J connectivity index is 2.06. The fourth-order valence-corrected chi connectivity index (χ4v) is 3.31. The Morgan fingerprint density at radius 2 is 1.55 bits per heavy atom. The second-order valence-corrected chi connectivity index (χ2v) is 4.72. The van der Waals surface area contributed by atoms with Crippen LogP contribution in [0.25, 0.3) is 0 Å². The highest BCUT2D eigenvalue weighted by Gasteiger charge is 2.40. The lowest BCUT2D eigenvalue weighted by Crippen LogP contribution is -2.26. The van der Waals surface area contributed by atoms with Gasteiger partial charge >= 0.3 is 0 Å². The molecule has 11 heavy (non-hydrogen) atoms. The molecule has 0 nitrogen and oxygen atoms in total. The van der Waals surface area contributed by atoms with Gasteiger partial charge in [0, 0.05) is 0 Å². The van der Waals surface area contributed by atoms with Gasteiger partial charge in [-0.05, 0) is 30.6 Å². The van der Waals surface area contributed by atoms with Gasteiger partial charge in [-0.25, -0.2) is 0 Å². The van der Waals surface area contributed by atoms with Crippen LogP contribution in [-0.2, 0) is 0 Å². The van der Waals surface area contributed by atoms with Crippen molar-refractivity contribution in [2.75, 3.05) is 0 Å². The van der Waals surface area contributed by atoms with Gasteiger partial charge in [0.05, 0.1) is 0 Å². The minimum absolute atomic E-state index is 0.832. The van der Waals surface area contributed by atoms with Crippen molar-refractivity contribution in [2.45, 2.75) is 58.3 Å². The molecule has 2 rings (SSSR count). The molecule has 0 aliphatic heterocycles. The van der Waals surface area contributed by atoms with Crippen LogP contribution in [0.2, 0.25) is 0 Å². The predicted molar refractivity (Wildman–Crippen MR) is 48.5 cm³/mol. The number of hydrogen-bond donors (Lipinski definition) is 0. The Morgan fingerprint density at radius 1 is 0.909 bits per heavy atom. The van der Waals surface area contributed by atoms with Gasteiger partial charge in [-0.1, -0.05) is 39.0 Å². The summed E-state index contributed by atoms with van der Waals surface area (Å²) in [5, 5.41) is 0. The molecule has 2 fully saturated rings. The minimum atomic E-state index is 0.832. The van der Waals surface area contributed by atoms with Gasteiger partial charge in [-0.15, -0.1) is 0 Å². The zero-order valence-corrected chi connectivity index (χ0v) is 7.73. The molecular formula is C11H20. The van der Waals surface area contributed by atoms with Crippen molar-refractivity contribution in [3.05, 3.63) is 0 Å². The van der Waals surface area contributed by atoms with E-state index in [1.807, 2.05) is 0 Å². The number of rotatable bonds is 0. The molecule has 1 unspecified atom stereocenters. The standard InChI is InChI=1S/C11H20/c1-10-6-5-9-11(10)7-3-2-4-8-11/h10H,2-9H2,1H3. The van der Waals surface area contributed by atoms with Crippen LogP contribution in [-0.4, -0.2) is 0 Å². The van der Waals surface area contributed by atoms with E-state index in [9.17, 15) is 0 Å². The van der Waals surface area contributed by atoms with Gasteiger partial charge in [-0.3, -0.25) is 0 Å². The van der Waals surface area contributed by atoms with Gasteiger partial charge in [0.25, 0.3) is 0 Å². The van der Waals surface area contributed by atoms with Crippen LogP contribution in [0.3, 0.4) is 0 Å². The Bertz CT molecular complexity index is 131. The first kappa shape index (κ1) is 7.64. The highest BCUT2D eigenvalue weighted by atomic mass is 14.4. The third-order valence-corrected chi connectivity index (χ3v) is 4.21. The average molecular weight is 152 g/mol. The van der Waals surface area contributed by atoms with Crippen molar-refractivity contribution in [3.8, 4) is 0 Å². The molecule has 0 heterocycles. The minimum Gasteiger partial charge on any atom is -0.0620 e. The average Bonchev–Trinajstić information content (AvgIpc) is 2.36. The van der Waals surface area contributed by atoms with Crippen LogP contribution in [0.5, 0.6) is 0 Å². The van der Waals surface area contributed by atoms with Gasteiger partial charge in [0.15, 0.2) is 0 Å². The summed E-state index contributed by atoms with van der Waals surface area (Å²) >= 11 is 0. The van der Waals surface area contributed by atoms with E-state index in [0.29, 0.717) is 0 Å². The molecule has 1 atom stereocenters. The molecule has 0 saturated heterocycles. The molecule has 2 aliphatic rings. The van der Waals surface area contributed by atoms with E-state index in [-0.39, 0.29) is 0 Å². The maximum Gasteiger partial charge on any atom is -0.0272 e. The lowest BCUT2D eigenvalue weighted by atomic mass is 9.68. The summed E-state index contributed by atoms with van der Waals surface area (Å²) in [5.41, 5.74) is 0.832. The molecule has 0 N–H and O–H groups in total. The lowest BCUT2D eigenvalue weighted by molar-refractivity contribution is 0.139. The molecule has 0 bridgehead atoms. The van der Waals surface area contributed by atoms with E-state index in [0.717, 1.165) is 11.3 Å². The molecule has 0 radical (unpaired) electrons. The van der Waals surface area contributed by atoms with Crippen LogP contribution in [0, 0.1) is 11.3 Å². The molecule has 0 heteroatoms. The normalized spacial score (nSPS) is 36.3. The third kappa shape index (κ3) is 1.21. The van der Waals surface area contributed by atoms with E-state index >= 15 is 0 Å². The Labute approximate surface area is 70.4 Å². The fraction of sp³-hybridized carbons (Fsp3) is 1.00. The molecule has 0 aromatic rings. The van der Waals surface area contributed by atoms with Gasteiger partial charge in [-0.2, -0.15) is 0 Å². The topological polar surface area (TPSA) is 0 Å². The summed E-state index contributed by atoms with van der Waals surface area (Å²) in [4.78, 5) is 0. The van der Waals surface area contributed by atoms with E-state index in [1.165, 1.54) is 32.1 Å². The number of hydrogen-bond acceptors (Lipinski definition) is 0. The molecular weight excluding hydrogens is 132 g/mol. The van der Waals surface area contributed by atoms with E-state index in [1.54, 1.807) is 19.3 Å². The third-order valence-electron chi connectivity index (χ3n) is 4.21. The molecule has 1 spiro atoms. The molecule has 0 aromatic carbocycles. The Kier molecular flexibility index (Phi) is 1.95. The van der Waals surface area contributed by atoms with Crippen LogP contribution >= 0.6 is 0 Å². The van der Waals surface area contributed by atoms with Crippen LogP contribution in [0.1, 0.15) is 58.3 Å². The van der Waals surface area contributed by atoms with Crippen molar-refractivity contribution in [1.82, 2.24) is 0 Å². The lowest BCUT2D eigenvalue weighted by Gasteiger charge is -2.37. The second-order valence-electron chi connectivity index (χ2n) is 4.72. The zero-order valence-electron chi connectivity index (χ0n) is 7.73. The molecule has 0 aromatic heterocycles. The first-order valence-electron chi connectivity index (χ1n) is 5.33. The van der Waals surface area contributed by atoms with Crippen LogP contribution in [0.15, 0.2) is 0 Å². The van der Waals surface area contributed by atoms with Crippen LogP contribution in [0.4, 0.5) is 0 Å². The molecule has 2 saturated carbocycles. The van der Waals surface area contributed by atoms with Crippen molar-refractivity contribution >= 4 is 0 Å². The molecule has 64 valence electrons. The van der Waals surface area contributed by atoms with Crippen molar-refractivity contribution < 1.29 is 0 Å². The summed E-state index contributed by atoms with van der Waals surface area (Å²) in [6.07, 6.45) is 12.2. The largest absolute Gasteiger partial charge is 0.0620 e. The Hall–Kier alpha value is 0. The van der Waals surface area contributed by atoms with Gasteiger partial charge < -0.3 is 0 Å². The summed E-state index contributed by atoms with van der Waals surface area (Å²) in [6.45, 7) is 2.48. The smallest absolute Gasteiger partial charge is 0.0272 e. The second kappa shape index (κ2) is 2.80. The van der Waals surface area contributed by atoms with Crippen molar-refractivity contribution in [3.63, 3.8) is 0 Å². The quantitative estimate of drug-likeness (QED) is 0.496. The summed E-state index contributed by atoms with van der Waals surface area (Å²) in [7, 11) is 0. The maximum absolute atomic E-state index is 2.48. The van der Waals surface area contributed by atoms with E-state index in [2.05, 4.69) is 6.92 Å². The van der Waals surface area contributed by atoms with Gasteiger partial charge in [0.2, 0.25) is 0 Å². The monoisotopic (exact) mass is 152 g/mol. The van der Waals surface area contributed by atoms with E-state index in [4.69, 9.17) is 0 Å². The predicted octanol–water partition coefficient (Wildman–Crippen LogP) is 3.76. The van der Waals surface area contributed by atoms with Crippen molar-refractivity contribution in [1.29, 1.82) is 0 Å².